The number of aliphatic carboxylic acids is 1. The molecule has 0 saturated heterocycles. The molecule has 2 aromatic rings. The molecule has 1 N–H and O–H groups in total. The molecular weight excluding hydrogens is 279 g/mol. The largest absolute Gasteiger partial charge is 0.481 e. The van der Waals surface area contributed by atoms with Crippen LogP contribution in [0.4, 0.5) is 10.1 Å². The molecule has 0 aliphatic rings. The highest BCUT2D eigenvalue weighted by atomic mass is 32.1. The first-order valence-corrected chi connectivity index (χ1v) is 6.92. The number of carbonyl (C=O) groups is 1. The Hall–Kier alpha value is -1.95. The molecule has 1 unspecified atom stereocenters. The normalized spacial score (nSPS) is 13.5. The highest BCUT2D eigenvalue weighted by Crippen LogP contribution is 2.23. The van der Waals surface area contributed by atoms with Crippen molar-refractivity contribution in [2.24, 2.45) is 12.0 Å². The van der Waals surface area contributed by atoms with Gasteiger partial charge in [-0.3, -0.25) is 4.79 Å². The second-order valence-corrected chi connectivity index (χ2v) is 5.53. The predicted molar refractivity (Wildman–Crippen MR) is 75.7 cm³/mol. The fourth-order valence-electron chi connectivity index (χ4n) is 1.81. The van der Waals surface area contributed by atoms with Gasteiger partial charge in [0.25, 0.3) is 0 Å². The van der Waals surface area contributed by atoms with E-state index in [1.165, 1.54) is 17.4 Å². The van der Waals surface area contributed by atoms with Gasteiger partial charge in [-0.05, 0) is 26.0 Å². The molecule has 0 radical (unpaired) electrons. The Kier molecular flexibility index (Phi) is 4.04. The maximum atomic E-state index is 13.6. The van der Waals surface area contributed by atoms with Gasteiger partial charge in [0.1, 0.15) is 11.5 Å². The Morgan fingerprint density at radius 3 is 2.70 bits per heavy atom. The summed E-state index contributed by atoms with van der Waals surface area (Å²) in [6, 6.07) is 6.25. The van der Waals surface area contributed by atoms with Crippen LogP contribution >= 0.6 is 11.3 Å². The number of hydrogen-bond donors (Lipinski definition) is 1. The van der Waals surface area contributed by atoms with Crippen molar-refractivity contribution in [2.45, 2.75) is 19.8 Å². The molecule has 1 aromatic carbocycles. The van der Waals surface area contributed by atoms with Gasteiger partial charge in [-0.1, -0.05) is 12.1 Å². The van der Waals surface area contributed by atoms with Crippen molar-refractivity contribution in [3.8, 4) is 0 Å². The quantitative estimate of drug-likeness (QED) is 0.946. The van der Waals surface area contributed by atoms with Gasteiger partial charge in [0.15, 0.2) is 4.80 Å². The number of carboxylic acids is 1. The lowest BCUT2D eigenvalue weighted by molar-refractivity contribution is -0.138. The minimum absolute atomic E-state index is 0.249. The highest BCUT2D eigenvalue weighted by molar-refractivity contribution is 7.09. The van der Waals surface area contributed by atoms with Gasteiger partial charge in [0.05, 0.1) is 5.92 Å². The Balaban J connectivity index is 2.57. The second kappa shape index (κ2) is 5.58. The first-order chi connectivity index (χ1) is 9.41. The third kappa shape index (κ3) is 2.65. The zero-order valence-electron chi connectivity index (χ0n) is 11.4. The Labute approximate surface area is 119 Å². The van der Waals surface area contributed by atoms with Crippen molar-refractivity contribution >= 4 is 23.0 Å². The van der Waals surface area contributed by atoms with Gasteiger partial charge >= 0.3 is 5.97 Å². The van der Waals surface area contributed by atoms with Gasteiger partial charge < -0.3 is 9.67 Å². The van der Waals surface area contributed by atoms with E-state index in [-0.39, 0.29) is 5.69 Å². The van der Waals surface area contributed by atoms with Crippen LogP contribution in [-0.4, -0.2) is 15.6 Å². The molecule has 0 aliphatic carbocycles. The lowest BCUT2D eigenvalue weighted by Gasteiger charge is -2.04. The number of halogens is 1. The molecule has 2 rings (SSSR count). The van der Waals surface area contributed by atoms with Gasteiger partial charge in [-0.2, -0.15) is 0 Å². The third-order valence-electron chi connectivity index (χ3n) is 3.18. The number of benzene rings is 1. The monoisotopic (exact) mass is 294 g/mol. The number of thiazole rings is 1. The first kappa shape index (κ1) is 14.5. The molecule has 1 heterocycles. The Morgan fingerprint density at radius 1 is 1.45 bits per heavy atom. The van der Waals surface area contributed by atoms with Crippen LogP contribution in [0.15, 0.2) is 29.3 Å². The number of rotatable bonds is 3. The Morgan fingerprint density at radius 2 is 2.10 bits per heavy atom. The Bertz CT molecular complexity index is 718. The van der Waals surface area contributed by atoms with Gasteiger partial charge in [0, 0.05) is 17.6 Å². The summed E-state index contributed by atoms with van der Waals surface area (Å²) in [6.45, 7) is 3.47. The minimum Gasteiger partial charge on any atom is -0.481 e. The molecule has 0 fully saturated rings. The fourth-order valence-corrected chi connectivity index (χ4v) is 2.98. The zero-order valence-corrected chi connectivity index (χ0v) is 12.2. The first-order valence-electron chi connectivity index (χ1n) is 6.10. The molecular formula is C14H15FN2O2S. The van der Waals surface area contributed by atoms with Crippen molar-refractivity contribution in [3.05, 3.63) is 45.5 Å². The molecule has 4 nitrogen and oxygen atoms in total. The molecule has 0 bridgehead atoms. The predicted octanol–water partition coefficient (Wildman–Crippen LogP) is 2.95. The standard InChI is InChI=1S/C14H15FN2O2S/c1-8(13(18)19)12-9(2)17(3)14(20-12)16-11-7-5-4-6-10(11)15/h4-8H,1-3H3,(H,18,19)/b16-14+. The van der Waals surface area contributed by atoms with E-state index in [0.717, 1.165) is 10.6 Å². The topological polar surface area (TPSA) is 54.6 Å². The lowest BCUT2D eigenvalue weighted by Crippen LogP contribution is -2.11. The van der Waals surface area contributed by atoms with Crippen LogP contribution < -0.4 is 4.80 Å². The molecule has 0 spiro atoms. The van der Waals surface area contributed by atoms with Crippen molar-refractivity contribution in [1.29, 1.82) is 0 Å². The summed E-state index contributed by atoms with van der Waals surface area (Å²) in [4.78, 5) is 16.7. The maximum Gasteiger partial charge on any atom is 0.311 e. The number of carboxylic acid groups (broad SMARTS) is 1. The molecule has 1 aromatic heterocycles. The van der Waals surface area contributed by atoms with Crippen molar-refractivity contribution in [2.75, 3.05) is 0 Å². The number of aromatic nitrogens is 1. The van der Waals surface area contributed by atoms with E-state index in [9.17, 15) is 9.18 Å². The van der Waals surface area contributed by atoms with Crippen LogP contribution in [0.25, 0.3) is 0 Å². The summed E-state index contributed by atoms with van der Waals surface area (Å²) in [5.74, 6) is -1.88. The maximum absolute atomic E-state index is 13.6. The van der Waals surface area contributed by atoms with Crippen molar-refractivity contribution in [1.82, 2.24) is 4.57 Å². The summed E-state index contributed by atoms with van der Waals surface area (Å²) in [7, 11) is 1.80. The second-order valence-electron chi connectivity index (χ2n) is 4.52. The number of hydrogen-bond acceptors (Lipinski definition) is 3. The molecule has 20 heavy (non-hydrogen) atoms. The van der Waals surface area contributed by atoms with Crippen LogP contribution in [0.5, 0.6) is 0 Å². The van der Waals surface area contributed by atoms with E-state index in [2.05, 4.69) is 4.99 Å². The third-order valence-corrected chi connectivity index (χ3v) is 4.60. The van der Waals surface area contributed by atoms with Crippen LogP contribution in [-0.2, 0) is 11.8 Å². The highest BCUT2D eigenvalue weighted by Gasteiger charge is 2.20. The van der Waals surface area contributed by atoms with E-state index in [1.807, 2.05) is 6.92 Å². The molecule has 0 aliphatic heterocycles. The number of nitrogens with zero attached hydrogens (tertiary/aromatic N) is 2. The molecule has 1 atom stereocenters. The van der Waals surface area contributed by atoms with Crippen molar-refractivity contribution < 1.29 is 14.3 Å². The summed E-state index contributed by atoms with van der Waals surface area (Å²) in [5.41, 5.74) is 1.08. The molecule has 106 valence electrons. The van der Waals surface area contributed by atoms with Crippen LogP contribution in [0.2, 0.25) is 0 Å². The lowest BCUT2D eigenvalue weighted by atomic mass is 10.1. The zero-order chi connectivity index (χ0) is 14.9. The fraction of sp³-hybridized carbons (Fsp3) is 0.286. The SMILES string of the molecule is Cc1c(C(C)C(=O)O)s/c(=N/c2ccccc2F)n1C. The van der Waals surface area contributed by atoms with E-state index < -0.39 is 17.7 Å². The minimum atomic E-state index is -0.882. The molecule has 0 amide bonds. The summed E-state index contributed by atoms with van der Waals surface area (Å²) in [5, 5.41) is 9.10. The summed E-state index contributed by atoms with van der Waals surface area (Å²) < 4.78 is 15.4. The smallest absolute Gasteiger partial charge is 0.311 e. The van der Waals surface area contributed by atoms with Gasteiger partial charge in [-0.15, -0.1) is 11.3 Å². The summed E-state index contributed by atoms with van der Waals surface area (Å²) in [6.07, 6.45) is 0. The van der Waals surface area contributed by atoms with E-state index in [4.69, 9.17) is 5.11 Å². The van der Waals surface area contributed by atoms with Gasteiger partial charge in [-0.25, -0.2) is 9.38 Å². The van der Waals surface area contributed by atoms with Crippen LogP contribution in [0.3, 0.4) is 0 Å². The van der Waals surface area contributed by atoms with Crippen LogP contribution in [0, 0.1) is 12.7 Å². The number of para-hydroxylation sites is 1. The average Bonchev–Trinajstić information content (AvgIpc) is 2.69. The summed E-state index contributed by atoms with van der Waals surface area (Å²) >= 11 is 1.27. The average molecular weight is 294 g/mol. The van der Waals surface area contributed by atoms with Crippen LogP contribution in [0.1, 0.15) is 23.4 Å². The van der Waals surface area contributed by atoms with E-state index in [0.29, 0.717) is 4.80 Å². The van der Waals surface area contributed by atoms with Crippen molar-refractivity contribution in [3.63, 3.8) is 0 Å². The van der Waals surface area contributed by atoms with E-state index >= 15 is 0 Å². The van der Waals surface area contributed by atoms with E-state index in [1.54, 1.807) is 36.7 Å². The molecule has 0 saturated carbocycles. The molecule has 6 heteroatoms. The van der Waals surface area contributed by atoms with Gasteiger partial charge in [0.2, 0.25) is 0 Å².